The summed E-state index contributed by atoms with van der Waals surface area (Å²) in [5.74, 6) is -0.516. The maximum Gasteiger partial charge on any atom is 0.320 e. The maximum atomic E-state index is 10.8. The molecule has 82 valence electrons. The molecule has 4 heteroatoms. The molecule has 2 atom stereocenters. The molecule has 1 aliphatic carbocycles. The molecule has 0 aromatic rings. The normalized spacial score (nSPS) is 20.4. The molecule has 1 aliphatic rings. The molecule has 1 rings (SSSR count). The average Bonchev–Trinajstić information content (AvgIpc) is 2.88. The SMILES string of the molecule is CCCC(O)CNC(C(=O)O)C1CC1. The van der Waals surface area contributed by atoms with Crippen molar-refractivity contribution in [1.29, 1.82) is 0 Å². The second-order valence-corrected chi connectivity index (χ2v) is 4.00. The number of carbonyl (C=O) groups is 1. The molecule has 0 aromatic carbocycles. The third-order valence-corrected chi connectivity index (χ3v) is 2.55. The molecule has 2 unspecified atom stereocenters. The Morgan fingerprint density at radius 3 is 2.64 bits per heavy atom. The fourth-order valence-corrected chi connectivity index (χ4v) is 1.58. The molecule has 0 aliphatic heterocycles. The van der Waals surface area contributed by atoms with Crippen LogP contribution in [0.1, 0.15) is 32.6 Å². The number of aliphatic hydroxyl groups is 1. The Labute approximate surface area is 84.3 Å². The summed E-state index contributed by atoms with van der Waals surface area (Å²) in [6.45, 7) is 2.39. The lowest BCUT2D eigenvalue weighted by Gasteiger charge is -2.16. The Balaban J connectivity index is 2.22. The summed E-state index contributed by atoms with van der Waals surface area (Å²) < 4.78 is 0. The van der Waals surface area contributed by atoms with Gasteiger partial charge in [-0.15, -0.1) is 0 Å². The first-order chi connectivity index (χ1) is 6.65. The number of aliphatic carboxylic acids is 1. The Hall–Kier alpha value is -0.610. The van der Waals surface area contributed by atoms with Crippen LogP contribution in [0.25, 0.3) is 0 Å². The van der Waals surface area contributed by atoms with E-state index in [1.807, 2.05) is 6.92 Å². The lowest BCUT2D eigenvalue weighted by atomic mass is 10.1. The van der Waals surface area contributed by atoms with E-state index in [1.54, 1.807) is 0 Å². The maximum absolute atomic E-state index is 10.8. The third-order valence-electron chi connectivity index (χ3n) is 2.55. The second kappa shape index (κ2) is 5.32. The molecular weight excluding hydrogens is 182 g/mol. The standard InChI is InChI=1S/C10H19NO3/c1-2-3-8(12)6-11-9(10(13)14)7-4-5-7/h7-9,11-12H,2-6H2,1H3,(H,13,14). The quantitative estimate of drug-likeness (QED) is 0.564. The van der Waals surface area contributed by atoms with Gasteiger partial charge in [0.05, 0.1) is 6.10 Å². The average molecular weight is 201 g/mol. The molecule has 0 spiro atoms. The number of carboxylic acids is 1. The van der Waals surface area contributed by atoms with Crippen molar-refractivity contribution in [3.63, 3.8) is 0 Å². The highest BCUT2D eigenvalue weighted by atomic mass is 16.4. The Bertz CT molecular complexity index is 192. The monoisotopic (exact) mass is 201 g/mol. The van der Waals surface area contributed by atoms with Crippen molar-refractivity contribution < 1.29 is 15.0 Å². The highest BCUT2D eigenvalue weighted by Gasteiger charge is 2.35. The van der Waals surface area contributed by atoms with Crippen LogP contribution in [0, 0.1) is 5.92 Å². The highest BCUT2D eigenvalue weighted by molar-refractivity contribution is 5.74. The van der Waals surface area contributed by atoms with Crippen LogP contribution in [0.4, 0.5) is 0 Å². The minimum atomic E-state index is -0.795. The van der Waals surface area contributed by atoms with Crippen molar-refractivity contribution in [3.05, 3.63) is 0 Å². The molecule has 4 nitrogen and oxygen atoms in total. The van der Waals surface area contributed by atoms with Crippen molar-refractivity contribution in [3.8, 4) is 0 Å². The van der Waals surface area contributed by atoms with Gasteiger partial charge in [0.15, 0.2) is 0 Å². The van der Waals surface area contributed by atoms with Crippen LogP contribution in [0.15, 0.2) is 0 Å². The van der Waals surface area contributed by atoms with Crippen LogP contribution in [0.5, 0.6) is 0 Å². The van der Waals surface area contributed by atoms with Crippen molar-refractivity contribution in [2.24, 2.45) is 5.92 Å². The van der Waals surface area contributed by atoms with Gasteiger partial charge in [0.1, 0.15) is 6.04 Å². The molecular formula is C10H19NO3. The molecule has 1 saturated carbocycles. The lowest BCUT2D eigenvalue weighted by molar-refractivity contribution is -0.140. The van der Waals surface area contributed by atoms with E-state index in [0.717, 1.165) is 25.7 Å². The fourth-order valence-electron chi connectivity index (χ4n) is 1.58. The largest absolute Gasteiger partial charge is 0.480 e. The number of hydrogen-bond acceptors (Lipinski definition) is 3. The summed E-state index contributed by atoms with van der Waals surface area (Å²) >= 11 is 0. The molecule has 0 heterocycles. The molecule has 0 bridgehead atoms. The second-order valence-electron chi connectivity index (χ2n) is 4.00. The minimum absolute atomic E-state index is 0.279. The van der Waals surface area contributed by atoms with Crippen molar-refractivity contribution >= 4 is 5.97 Å². The predicted octanol–water partition coefficient (Wildman–Crippen LogP) is 0.600. The highest BCUT2D eigenvalue weighted by Crippen LogP contribution is 2.32. The Morgan fingerprint density at radius 2 is 2.21 bits per heavy atom. The van der Waals surface area contributed by atoms with Gasteiger partial charge in [0.25, 0.3) is 0 Å². The van der Waals surface area contributed by atoms with E-state index in [-0.39, 0.29) is 5.92 Å². The van der Waals surface area contributed by atoms with Gasteiger partial charge in [-0.1, -0.05) is 13.3 Å². The molecule has 1 fully saturated rings. The van der Waals surface area contributed by atoms with Crippen LogP contribution in [-0.2, 0) is 4.79 Å². The number of nitrogens with one attached hydrogen (secondary N) is 1. The molecule has 0 amide bonds. The minimum Gasteiger partial charge on any atom is -0.480 e. The van der Waals surface area contributed by atoms with Gasteiger partial charge >= 0.3 is 5.97 Å². The van der Waals surface area contributed by atoms with E-state index in [0.29, 0.717) is 6.54 Å². The zero-order chi connectivity index (χ0) is 10.6. The number of carboxylic acid groups (broad SMARTS) is 1. The van der Waals surface area contributed by atoms with Crippen LogP contribution in [0.3, 0.4) is 0 Å². The zero-order valence-electron chi connectivity index (χ0n) is 8.57. The van der Waals surface area contributed by atoms with Gasteiger partial charge in [0, 0.05) is 6.54 Å². The Kier molecular flexibility index (Phi) is 4.35. The lowest BCUT2D eigenvalue weighted by Crippen LogP contribution is -2.42. The van der Waals surface area contributed by atoms with Gasteiger partial charge in [-0.05, 0) is 25.2 Å². The van der Waals surface area contributed by atoms with Crippen molar-refractivity contribution in [2.75, 3.05) is 6.54 Å². The summed E-state index contributed by atoms with van der Waals surface area (Å²) in [6.07, 6.45) is 3.22. The third kappa shape index (κ3) is 3.64. The van der Waals surface area contributed by atoms with Gasteiger partial charge in [-0.2, -0.15) is 0 Å². The predicted molar refractivity (Wildman–Crippen MR) is 53.1 cm³/mol. The number of aliphatic hydroxyl groups excluding tert-OH is 1. The summed E-state index contributed by atoms with van der Waals surface area (Å²) in [5, 5.41) is 21.2. The summed E-state index contributed by atoms with van der Waals surface area (Å²) in [4.78, 5) is 10.8. The van der Waals surface area contributed by atoms with E-state index >= 15 is 0 Å². The van der Waals surface area contributed by atoms with E-state index in [2.05, 4.69) is 5.32 Å². The summed E-state index contributed by atoms with van der Waals surface area (Å²) in [6, 6.07) is -0.457. The van der Waals surface area contributed by atoms with Gasteiger partial charge in [0.2, 0.25) is 0 Å². The fraction of sp³-hybridized carbons (Fsp3) is 0.900. The van der Waals surface area contributed by atoms with Crippen LogP contribution in [0.2, 0.25) is 0 Å². The van der Waals surface area contributed by atoms with Crippen LogP contribution < -0.4 is 5.32 Å². The first-order valence-corrected chi connectivity index (χ1v) is 5.29. The molecule has 14 heavy (non-hydrogen) atoms. The van der Waals surface area contributed by atoms with E-state index in [9.17, 15) is 9.90 Å². The van der Waals surface area contributed by atoms with E-state index in [4.69, 9.17) is 5.11 Å². The molecule has 0 aromatic heterocycles. The van der Waals surface area contributed by atoms with Gasteiger partial charge in [-0.25, -0.2) is 0 Å². The first-order valence-electron chi connectivity index (χ1n) is 5.29. The summed E-state index contributed by atoms with van der Waals surface area (Å²) in [5.41, 5.74) is 0. The van der Waals surface area contributed by atoms with Crippen LogP contribution >= 0.6 is 0 Å². The molecule has 3 N–H and O–H groups in total. The smallest absolute Gasteiger partial charge is 0.320 e. The van der Waals surface area contributed by atoms with E-state index in [1.165, 1.54) is 0 Å². The number of rotatable bonds is 7. The van der Waals surface area contributed by atoms with Crippen molar-refractivity contribution in [2.45, 2.75) is 44.8 Å². The molecule has 0 radical (unpaired) electrons. The Morgan fingerprint density at radius 1 is 1.57 bits per heavy atom. The first kappa shape index (κ1) is 11.5. The van der Waals surface area contributed by atoms with E-state index < -0.39 is 18.1 Å². The van der Waals surface area contributed by atoms with Gasteiger partial charge < -0.3 is 15.5 Å². The van der Waals surface area contributed by atoms with Gasteiger partial charge in [-0.3, -0.25) is 4.79 Å². The molecule has 0 saturated heterocycles. The van der Waals surface area contributed by atoms with Crippen LogP contribution in [-0.4, -0.2) is 34.9 Å². The zero-order valence-corrected chi connectivity index (χ0v) is 8.57. The topological polar surface area (TPSA) is 69.6 Å². The number of hydrogen-bond donors (Lipinski definition) is 3. The van der Waals surface area contributed by atoms with Crippen molar-refractivity contribution in [1.82, 2.24) is 5.32 Å². The summed E-state index contributed by atoms with van der Waals surface area (Å²) in [7, 11) is 0.